The number of nitrogens with zero attached hydrogens (tertiary/aromatic N) is 2. The second-order valence-electron chi connectivity index (χ2n) is 5.96. The minimum atomic E-state index is -0.171. The average molecular weight is 328 g/mol. The van der Waals surface area contributed by atoms with Gasteiger partial charge in [-0.05, 0) is 75.8 Å². The summed E-state index contributed by atoms with van der Waals surface area (Å²) in [5, 5.41) is 18.0. The number of halogens is 1. The van der Waals surface area contributed by atoms with Gasteiger partial charge in [0.05, 0.1) is 18.2 Å². The van der Waals surface area contributed by atoms with Crippen molar-refractivity contribution in [2.75, 3.05) is 20.6 Å². The Labute approximate surface area is 144 Å². The molecule has 0 aromatic heterocycles. The molecule has 0 saturated heterocycles. The predicted octanol–water partition coefficient (Wildman–Crippen LogP) is 3.68. The van der Waals surface area contributed by atoms with Gasteiger partial charge in [0.25, 0.3) is 0 Å². The molecule has 24 heavy (non-hydrogen) atoms. The molecule has 0 fully saturated rings. The highest BCUT2D eigenvalue weighted by molar-refractivity contribution is 5.38. The summed E-state index contributed by atoms with van der Waals surface area (Å²) in [5.41, 5.74) is 3.72. The first-order chi connectivity index (χ1) is 11.5. The van der Waals surface area contributed by atoms with Gasteiger partial charge in [-0.1, -0.05) is 23.8 Å². The Hall–Kier alpha value is -2.22. The van der Waals surface area contributed by atoms with Gasteiger partial charge in [0.15, 0.2) is 0 Å². The van der Waals surface area contributed by atoms with Crippen LogP contribution in [0.5, 0.6) is 0 Å². The average Bonchev–Trinajstić information content (AvgIpc) is 2.58. The van der Waals surface area contributed by atoms with Gasteiger partial charge in [0.2, 0.25) is 0 Å². The summed E-state index contributed by atoms with van der Waals surface area (Å²) in [6, 6.07) is 14.0. The molecule has 0 atom stereocenters. The molecule has 0 amide bonds. The molecule has 0 aliphatic rings. The molecular weight excluding hydrogens is 303 g/mol. The molecule has 128 valence electrons. The SMILES string of the molecule is CN(C)CCCc1ccc(C#N)cc1CO.Cc1ccc(F)cc1. The summed E-state index contributed by atoms with van der Waals surface area (Å²) in [6.07, 6.45) is 2.01. The fourth-order valence-corrected chi connectivity index (χ4v) is 2.21. The van der Waals surface area contributed by atoms with Crippen molar-refractivity contribution in [3.63, 3.8) is 0 Å². The van der Waals surface area contributed by atoms with Crippen LogP contribution in [0.3, 0.4) is 0 Å². The van der Waals surface area contributed by atoms with E-state index in [0.29, 0.717) is 5.56 Å². The van der Waals surface area contributed by atoms with Gasteiger partial charge in [-0.15, -0.1) is 0 Å². The Bertz CT molecular complexity index is 639. The van der Waals surface area contributed by atoms with Crippen molar-refractivity contribution in [2.24, 2.45) is 0 Å². The van der Waals surface area contributed by atoms with Crippen molar-refractivity contribution >= 4 is 0 Å². The lowest BCUT2D eigenvalue weighted by Gasteiger charge is -2.11. The van der Waals surface area contributed by atoms with Gasteiger partial charge in [-0.3, -0.25) is 0 Å². The fraction of sp³-hybridized carbons (Fsp3) is 0.350. The molecule has 2 aromatic carbocycles. The van der Waals surface area contributed by atoms with Gasteiger partial charge in [0.1, 0.15) is 5.82 Å². The molecule has 1 N–H and O–H groups in total. The first-order valence-electron chi connectivity index (χ1n) is 7.96. The molecule has 0 aliphatic heterocycles. The summed E-state index contributed by atoms with van der Waals surface area (Å²) in [7, 11) is 4.09. The molecule has 0 aliphatic carbocycles. The summed E-state index contributed by atoms with van der Waals surface area (Å²) < 4.78 is 12.1. The third kappa shape index (κ3) is 7.36. The third-order valence-corrected chi connectivity index (χ3v) is 3.57. The molecule has 0 radical (unpaired) electrons. The summed E-state index contributed by atoms with van der Waals surface area (Å²) in [5.74, 6) is -0.171. The number of hydrogen-bond donors (Lipinski definition) is 1. The zero-order valence-electron chi connectivity index (χ0n) is 14.6. The monoisotopic (exact) mass is 328 g/mol. The van der Waals surface area contributed by atoms with E-state index in [1.165, 1.54) is 12.1 Å². The minimum Gasteiger partial charge on any atom is -0.392 e. The zero-order chi connectivity index (χ0) is 17.9. The smallest absolute Gasteiger partial charge is 0.123 e. The van der Waals surface area contributed by atoms with Crippen molar-refractivity contribution in [1.82, 2.24) is 4.90 Å². The lowest BCUT2D eigenvalue weighted by Crippen LogP contribution is -2.13. The lowest BCUT2D eigenvalue weighted by molar-refractivity contribution is 0.280. The van der Waals surface area contributed by atoms with Crippen LogP contribution in [0.15, 0.2) is 42.5 Å². The number of nitriles is 1. The highest BCUT2D eigenvalue weighted by Crippen LogP contribution is 2.14. The summed E-state index contributed by atoms with van der Waals surface area (Å²) in [4.78, 5) is 2.14. The number of rotatable bonds is 5. The van der Waals surface area contributed by atoms with Gasteiger partial charge >= 0.3 is 0 Å². The molecule has 2 aromatic rings. The van der Waals surface area contributed by atoms with E-state index in [0.717, 1.165) is 36.1 Å². The van der Waals surface area contributed by atoms with E-state index >= 15 is 0 Å². The van der Waals surface area contributed by atoms with Crippen molar-refractivity contribution in [3.8, 4) is 6.07 Å². The van der Waals surface area contributed by atoms with Gasteiger partial charge < -0.3 is 10.0 Å². The van der Waals surface area contributed by atoms with Crippen LogP contribution in [0.4, 0.5) is 4.39 Å². The van der Waals surface area contributed by atoms with Gasteiger partial charge in [0, 0.05) is 0 Å². The van der Waals surface area contributed by atoms with Crippen LogP contribution in [-0.2, 0) is 13.0 Å². The number of aliphatic hydroxyl groups excluding tert-OH is 1. The van der Waals surface area contributed by atoms with E-state index < -0.39 is 0 Å². The normalized spacial score (nSPS) is 10.0. The Kier molecular flexibility index (Phi) is 8.70. The lowest BCUT2D eigenvalue weighted by atomic mass is 10.0. The first-order valence-corrected chi connectivity index (χ1v) is 7.96. The van der Waals surface area contributed by atoms with E-state index in [1.54, 1.807) is 18.2 Å². The number of benzene rings is 2. The van der Waals surface area contributed by atoms with Crippen molar-refractivity contribution < 1.29 is 9.50 Å². The molecule has 0 saturated carbocycles. The summed E-state index contributed by atoms with van der Waals surface area (Å²) >= 11 is 0. The topological polar surface area (TPSA) is 47.3 Å². The van der Waals surface area contributed by atoms with E-state index in [4.69, 9.17) is 5.26 Å². The van der Waals surface area contributed by atoms with Crippen LogP contribution in [0.2, 0.25) is 0 Å². The van der Waals surface area contributed by atoms with Crippen LogP contribution >= 0.6 is 0 Å². The molecule has 3 nitrogen and oxygen atoms in total. The number of aryl methyl sites for hydroxylation is 2. The highest BCUT2D eigenvalue weighted by atomic mass is 19.1. The Morgan fingerprint density at radius 2 is 1.75 bits per heavy atom. The molecule has 0 bridgehead atoms. The predicted molar refractivity (Wildman–Crippen MR) is 95.1 cm³/mol. The van der Waals surface area contributed by atoms with Gasteiger partial charge in [-0.25, -0.2) is 4.39 Å². The summed E-state index contributed by atoms with van der Waals surface area (Å²) in [6.45, 7) is 2.97. The molecule has 0 unspecified atom stereocenters. The van der Waals surface area contributed by atoms with Crippen LogP contribution in [0.25, 0.3) is 0 Å². The number of aliphatic hydroxyl groups is 1. The quantitative estimate of drug-likeness (QED) is 0.911. The molecule has 2 rings (SSSR count). The van der Waals surface area contributed by atoms with Crippen molar-refractivity contribution in [3.05, 3.63) is 70.5 Å². The Morgan fingerprint density at radius 3 is 2.25 bits per heavy atom. The molecule has 4 heteroatoms. The van der Waals surface area contributed by atoms with Crippen molar-refractivity contribution in [1.29, 1.82) is 5.26 Å². The minimum absolute atomic E-state index is 0.00676. The maximum Gasteiger partial charge on any atom is 0.123 e. The van der Waals surface area contributed by atoms with E-state index in [-0.39, 0.29) is 12.4 Å². The fourth-order valence-electron chi connectivity index (χ4n) is 2.21. The van der Waals surface area contributed by atoms with Crippen LogP contribution < -0.4 is 0 Å². The van der Waals surface area contributed by atoms with Crippen molar-refractivity contribution in [2.45, 2.75) is 26.4 Å². The Balaban J connectivity index is 0.000000300. The van der Waals surface area contributed by atoms with Crippen LogP contribution in [0, 0.1) is 24.1 Å². The van der Waals surface area contributed by atoms with E-state index in [9.17, 15) is 9.50 Å². The highest BCUT2D eigenvalue weighted by Gasteiger charge is 2.03. The molecular formula is C20H25FN2O. The second kappa shape index (κ2) is 10.5. The largest absolute Gasteiger partial charge is 0.392 e. The maximum atomic E-state index is 12.1. The van der Waals surface area contributed by atoms with E-state index in [2.05, 4.69) is 11.0 Å². The molecule has 0 heterocycles. The van der Waals surface area contributed by atoms with Gasteiger partial charge in [-0.2, -0.15) is 5.26 Å². The number of hydrogen-bond acceptors (Lipinski definition) is 3. The standard InChI is InChI=1S/C13H18N2O.C7H7F/c1-15(2)7-3-4-12-6-5-11(9-14)8-13(12)10-16;1-6-2-4-7(8)5-3-6/h5-6,8,16H,3-4,7,10H2,1-2H3;2-5H,1H3. The third-order valence-electron chi connectivity index (χ3n) is 3.57. The van der Waals surface area contributed by atoms with Crippen LogP contribution in [0.1, 0.15) is 28.7 Å². The zero-order valence-corrected chi connectivity index (χ0v) is 14.6. The first kappa shape index (κ1) is 19.8. The Morgan fingerprint density at radius 1 is 1.08 bits per heavy atom. The maximum absolute atomic E-state index is 12.1. The second-order valence-corrected chi connectivity index (χ2v) is 5.96. The van der Waals surface area contributed by atoms with E-state index in [1.807, 2.05) is 33.2 Å². The van der Waals surface area contributed by atoms with Crippen LogP contribution in [-0.4, -0.2) is 30.6 Å². The molecule has 0 spiro atoms.